The standard InChI is InChI=1S/C14H16N4O2S/c1-16-4-2-11(10-12(16)19)13(20)17-5-7-18(8-6-17)14-15-3-9-21-14/h2-4,9-10H,5-8H2,1H3. The summed E-state index contributed by atoms with van der Waals surface area (Å²) in [5.41, 5.74) is 0.295. The zero-order chi connectivity index (χ0) is 14.8. The van der Waals surface area contributed by atoms with Crippen molar-refractivity contribution in [1.82, 2.24) is 14.5 Å². The molecule has 0 atom stereocenters. The SMILES string of the molecule is Cn1ccc(C(=O)N2CCN(c3nccs3)CC2)cc1=O. The van der Waals surface area contributed by atoms with E-state index >= 15 is 0 Å². The van der Waals surface area contributed by atoms with Crippen LogP contribution in [0.1, 0.15) is 10.4 Å². The molecule has 2 aromatic rings. The van der Waals surface area contributed by atoms with Crippen molar-refractivity contribution in [2.75, 3.05) is 31.1 Å². The smallest absolute Gasteiger partial charge is 0.254 e. The highest BCUT2D eigenvalue weighted by atomic mass is 32.1. The minimum Gasteiger partial charge on any atom is -0.345 e. The minimum absolute atomic E-state index is 0.0773. The van der Waals surface area contributed by atoms with Crippen molar-refractivity contribution in [2.45, 2.75) is 0 Å². The van der Waals surface area contributed by atoms with Gasteiger partial charge in [0.2, 0.25) is 0 Å². The average Bonchev–Trinajstić information content (AvgIpc) is 3.04. The third kappa shape index (κ3) is 2.82. The number of aromatic nitrogens is 2. The van der Waals surface area contributed by atoms with Crippen LogP contribution in [-0.4, -0.2) is 46.5 Å². The highest BCUT2D eigenvalue weighted by Gasteiger charge is 2.23. The van der Waals surface area contributed by atoms with E-state index in [1.165, 1.54) is 10.6 Å². The summed E-state index contributed by atoms with van der Waals surface area (Å²) in [6.07, 6.45) is 3.42. The van der Waals surface area contributed by atoms with Crippen LogP contribution in [0.15, 0.2) is 34.7 Å². The molecule has 0 unspecified atom stereocenters. The molecular formula is C14H16N4O2S. The predicted octanol–water partition coefficient (Wildman–Crippen LogP) is 0.804. The van der Waals surface area contributed by atoms with Crippen LogP contribution in [0, 0.1) is 0 Å². The highest BCUT2D eigenvalue weighted by molar-refractivity contribution is 7.13. The molecule has 1 amide bonds. The van der Waals surface area contributed by atoms with E-state index < -0.39 is 0 Å². The maximum absolute atomic E-state index is 12.4. The fourth-order valence-electron chi connectivity index (χ4n) is 2.34. The van der Waals surface area contributed by atoms with Gasteiger partial charge in [0.05, 0.1) is 0 Å². The van der Waals surface area contributed by atoms with Crippen molar-refractivity contribution in [2.24, 2.45) is 7.05 Å². The lowest BCUT2D eigenvalue weighted by Gasteiger charge is -2.34. The lowest BCUT2D eigenvalue weighted by Crippen LogP contribution is -2.49. The van der Waals surface area contributed by atoms with Crippen molar-refractivity contribution in [1.29, 1.82) is 0 Å². The molecule has 0 radical (unpaired) electrons. The number of thiazole rings is 1. The Hall–Kier alpha value is -2.15. The molecule has 3 heterocycles. The maximum Gasteiger partial charge on any atom is 0.254 e. The van der Waals surface area contributed by atoms with Crippen LogP contribution < -0.4 is 10.5 Å². The van der Waals surface area contributed by atoms with E-state index in [0.717, 1.165) is 18.2 Å². The highest BCUT2D eigenvalue weighted by Crippen LogP contribution is 2.19. The van der Waals surface area contributed by atoms with Gasteiger partial charge in [0.25, 0.3) is 11.5 Å². The molecule has 3 rings (SSSR count). The topological polar surface area (TPSA) is 58.4 Å². The second kappa shape index (κ2) is 5.69. The van der Waals surface area contributed by atoms with Crippen molar-refractivity contribution >= 4 is 22.4 Å². The van der Waals surface area contributed by atoms with Crippen molar-refractivity contribution in [3.63, 3.8) is 0 Å². The lowest BCUT2D eigenvalue weighted by atomic mass is 10.2. The van der Waals surface area contributed by atoms with Crippen molar-refractivity contribution in [3.05, 3.63) is 45.8 Å². The van der Waals surface area contributed by atoms with Crippen molar-refractivity contribution in [3.8, 4) is 0 Å². The van der Waals surface area contributed by atoms with E-state index in [2.05, 4.69) is 9.88 Å². The predicted molar refractivity (Wildman–Crippen MR) is 81.9 cm³/mol. The first-order valence-electron chi connectivity index (χ1n) is 6.75. The van der Waals surface area contributed by atoms with Gasteiger partial charge in [0, 0.05) is 62.6 Å². The molecule has 0 spiro atoms. The molecule has 0 aliphatic carbocycles. The first-order valence-corrected chi connectivity index (χ1v) is 7.63. The third-order valence-electron chi connectivity index (χ3n) is 3.61. The van der Waals surface area contributed by atoms with Crippen LogP contribution in [0.25, 0.3) is 0 Å². The van der Waals surface area contributed by atoms with Gasteiger partial charge < -0.3 is 14.4 Å². The van der Waals surface area contributed by atoms with Gasteiger partial charge in [-0.3, -0.25) is 9.59 Å². The Labute approximate surface area is 126 Å². The number of hydrogen-bond acceptors (Lipinski definition) is 5. The number of nitrogens with zero attached hydrogens (tertiary/aromatic N) is 4. The zero-order valence-electron chi connectivity index (χ0n) is 11.7. The van der Waals surface area contributed by atoms with Gasteiger partial charge in [-0.1, -0.05) is 0 Å². The molecule has 1 fully saturated rings. The number of carbonyl (C=O) groups is 1. The Morgan fingerprint density at radius 2 is 2.05 bits per heavy atom. The van der Waals surface area contributed by atoms with Gasteiger partial charge >= 0.3 is 0 Å². The van der Waals surface area contributed by atoms with Gasteiger partial charge in [-0.15, -0.1) is 11.3 Å². The molecule has 0 bridgehead atoms. The summed E-state index contributed by atoms with van der Waals surface area (Å²) in [7, 11) is 1.67. The van der Waals surface area contributed by atoms with E-state index in [-0.39, 0.29) is 11.5 Å². The molecule has 1 aliphatic rings. The van der Waals surface area contributed by atoms with Gasteiger partial charge in [0.1, 0.15) is 0 Å². The van der Waals surface area contributed by atoms with E-state index in [4.69, 9.17) is 0 Å². The minimum atomic E-state index is -0.165. The molecule has 7 heteroatoms. The van der Waals surface area contributed by atoms with E-state index in [1.807, 2.05) is 5.38 Å². The summed E-state index contributed by atoms with van der Waals surface area (Å²) in [6.45, 7) is 2.83. The largest absolute Gasteiger partial charge is 0.345 e. The van der Waals surface area contributed by atoms with Gasteiger partial charge in [-0.25, -0.2) is 4.98 Å². The van der Waals surface area contributed by atoms with E-state index in [1.54, 1.807) is 41.7 Å². The molecule has 1 saturated heterocycles. The van der Waals surface area contributed by atoms with Crippen LogP contribution in [0.4, 0.5) is 5.13 Å². The quantitative estimate of drug-likeness (QED) is 0.823. The summed E-state index contributed by atoms with van der Waals surface area (Å²) < 4.78 is 1.46. The lowest BCUT2D eigenvalue weighted by molar-refractivity contribution is 0.0746. The van der Waals surface area contributed by atoms with Gasteiger partial charge in [0.15, 0.2) is 5.13 Å². The molecule has 21 heavy (non-hydrogen) atoms. The Bertz CT molecular complexity index is 687. The molecule has 0 aromatic carbocycles. The Morgan fingerprint density at radius 3 is 2.67 bits per heavy atom. The molecule has 6 nitrogen and oxygen atoms in total. The van der Waals surface area contributed by atoms with E-state index in [9.17, 15) is 9.59 Å². The van der Waals surface area contributed by atoms with E-state index in [0.29, 0.717) is 18.7 Å². The number of rotatable bonds is 2. The normalized spacial score (nSPS) is 15.3. The average molecular weight is 304 g/mol. The molecule has 110 valence electrons. The third-order valence-corrected chi connectivity index (χ3v) is 4.44. The number of piperazine rings is 1. The van der Waals surface area contributed by atoms with Crippen LogP contribution in [-0.2, 0) is 7.05 Å². The number of hydrogen-bond donors (Lipinski definition) is 0. The van der Waals surface area contributed by atoms with Crippen LogP contribution in [0.5, 0.6) is 0 Å². The zero-order valence-corrected chi connectivity index (χ0v) is 12.5. The maximum atomic E-state index is 12.4. The summed E-state index contributed by atoms with van der Waals surface area (Å²) in [5.74, 6) is -0.0773. The van der Waals surface area contributed by atoms with Crippen LogP contribution in [0.2, 0.25) is 0 Å². The first kappa shape index (κ1) is 13.8. The van der Waals surface area contributed by atoms with Gasteiger partial charge in [-0.05, 0) is 6.07 Å². The number of carbonyl (C=O) groups excluding carboxylic acids is 1. The summed E-state index contributed by atoms with van der Waals surface area (Å²) in [5, 5.41) is 2.95. The van der Waals surface area contributed by atoms with Crippen molar-refractivity contribution < 1.29 is 4.79 Å². The second-order valence-corrected chi connectivity index (χ2v) is 5.83. The Morgan fingerprint density at radius 1 is 1.29 bits per heavy atom. The Balaban J connectivity index is 1.67. The molecule has 1 aliphatic heterocycles. The fraction of sp³-hybridized carbons (Fsp3) is 0.357. The van der Waals surface area contributed by atoms with Crippen LogP contribution in [0.3, 0.4) is 0 Å². The van der Waals surface area contributed by atoms with Gasteiger partial charge in [-0.2, -0.15) is 0 Å². The summed E-state index contributed by atoms with van der Waals surface area (Å²) in [6, 6.07) is 3.09. The summed E-state index contributed by atoms with van der Waals surface area (Å²) >= 11 is 1.61. The summed E-state index contributed by atoms with van der Waals surface area (Å²) in [4.78, 5) is 32.3. The number of anilines is 1. The monoisotopic (exact) mass is 304 g/mol. The molecule has 2 aromatic heterocycles. The number of amides is 1. The number of aryl methyl sites for hydroxylation is 1. The second-order valence-electron chi connectivity index (χ2n) is 4.96. The first-order chi connectivity index (χ1) is 10.1. The molecular weight excluding hydrogens is 288 g/mol. The molecule has 0 N–H and O–H groups in total. The van der Waals surface area contributed by atoms with Crippen LogP contribution >= 0.6 is 11.3 Å². The number of pyridine rings is 1. The fourth-order valence-corrected chi connectivity index (χ4v) is 3.03. The molecule has 0 saturated carbocycles. The Kier molecular flexibility index (Phi) is 3.74.